The molecule has 0 fully saturated rings. The van der Waals surface area contributed by atoms with Gasteiger partial charge in [0, 0.05) is 6.04 Å². The molecule has 2 N–H and O–H groups in total. The van der Waals surface area contributed by atoms with Crippen molar-refractivity contribution in [1.82, 2.24) is 15.0 Å². The van der Waals surface area contributed by atoms with E-state index in [0.717, 1.165) is 6.42 Å². The molecule has 0 saturated heterocycles. The molecule has 0 radical (unpaired) electrons. The van der Waals surface area contributed by atoms with Crippen LogP contribution in [0.15, 0.2) is 42.7 Å². The second-order valence-corrected chi connectivity index (χ2v) is 3.53. The molecule has 16 heavy (non-hydrogen) atoms. The second kappa shape index (κ2) is 6.25. The Balaban J connectivity index is 0.00000128. The van der Waals surface area contributed by atoms with Gasteiger partial charge in [0.15, 0.2) is 0 Å². The molecule has 0 aliphatic heterocycles. The monoisotopic (exact) mass is 238 g/mol. The normalized spacial score (nSPS) is 11.8. The SMILES string of the molecule is Cl.NC(Cc1ccccc1)Cn1nccn1. The Morgan fingerprint density at radius 3 is 2.38 bits per heavy atom. The van der Waals surface area contributed by atoms with Crippen molar-refractivity contribution in [3.8, 4) is 0 Å². The van der Waals surface area contributed by atoms with E-state index in [4.69, 9.17) is 5.73 Å². The van der Waals surface area contributed by atoms with Crippen molar-refractivity contribution in [3.05, 3.63) is 48.3 Å². The summed E-state index contributed by atoms with van der Waals surface area (Å²) in [6.07, 6.45) is 4.17. The smallest absolute Gasteiger partial charge is 0.0761 e. The predicted molar refractivity (Wildman–Crippen MR) is 65.4 cm³/mol. The van der Waals surface area contributed by atoms with Crippen LogP contribution >= 0.6 is 12.4 Å². The number of aromatic nitrogens is 3. The zero-order valence-corrected chi connectivity index (χ0v) is 9.68. The van der Waals surface area contributed by atoms with E-state index >= 15 is 0 Å². The van der Waals surface area contributed by atoms with Gasteiger partial charge in [0.2, 0.25) is 0 Å². The van der Waals surface area contributed by atoms with Crippen molar-refractivity contribution in [1.29, 1.82) is 0 Å². The maximum atomic E-state index is 6.00. The van der Waals surface area contributed by atoms with Gasteiger partial charge in [-0.15, -0.1) is 12.4 Å². The van der Waals surface area contributed by atoms with Gasteiger partial charge >= 0.3 is 0 Å². The molecule has 1 aromatic heterocycles. The Hall–Kier alpha value is -1.39. The van der Waals surface area contributed by atoms with Crippen LogP contribution < -0.4 is 5.73 Å². The van der Waals surface area contributed by atoms with Crippen LogP contribution in [0.25, 0.3) is 0 Å². The topological polar surface area (TPSA) is 56.7 Å². The van der Waals surface area contributed by atoms with E-state index in [1.165, 1.54) is 5.56 Å². The molecular weight excluding hydrogens is 224 g/mol. The van der Waals surface area contributed by atoms with Gasteiger partial charge in [-0.3, -0.25) is 0 Å². The summed E-state index contributed by atoms with van der Waals surface area (Å²) in [7, 11) is 0. The molecular formula is C11H15ClN4. The van der Waals surface area contributed by atoms with Crippen LogP contribution in [0.5, 0.6) is 0 Å². The number of halogens is 1. The molecule has 4 nitrogen and oxygen atoms in total. The third-order valence-corrected chi connectivity index (χ3v) is 2.21. The first-order chi connectivity index (χ1) is 7.34. The maximum Gasteiger partial charge on any atom is 0.0761 e. The Morgan fingerprint density at radius 1 is 1.12 bits per heavy atom. The number of benzene rings is 1. The van der Waals surface area contributed by atoms with Gasteiger partial charge in [-0.05, 0) is 12.0 Å². The molecule has 5 heteroatoms. The minimum absolute atomic E-state index is 0. The summed E-state index contributed by atoms with van der Waals surface area (Å²) in [5.41, 5.74) is 7.24. The van der Waals surface area contributed by atoms with Gasteiger partial charge in [0.1, 0.15) is 0 Å². The van der Waals surface area contributed by atoms with E-state index in [0.29, 0.717) is 6.54 Å². The molecule has 1 unspecified atom stereocenters. The fourth-order valence-electron chi connectivity index (χ4n) is 1.53. The molecule has 0 aliphatic carbocycles. The van der Waals surface area contributed by atoms with E-state index in [1.807, 2.05) is 18.2 Å². The lowest BCUT2D eigenvalue weighted by Gasteiger charge is -2.10. The van der Waals surface area contributed by atoms with Gasteiger partial charge in [-0.25, -0.2) is 0 Å². The summed E-state index contributed by atoms with van der Waals surface area (Å²) in [4.78, 5) is 1.62. The van der Waals surface area contributed by atoms with Crippen molar-refractivity contribution >= 4 is 12.4 Å². The Kier molecular flexibility index (Phi) is 4.95. The average Bonchev–Trinajstić information content (AvgIpc) is 2.71. The van der Waals surface area contributed by atoms with E-state index in [-0.39, 0.29) is 18.4 Å². The Labute approximate surface area is 101 Å². The van der Waals surface area contributed by atoms with Crippen LogP contribution in [-0.2, 0) is 13.0 Å². The molecule has 1 atom stereocenters. The first-order valence-electron chi connectivity index (χ1n) is 4.98. The molecule has 0 saturated carbocycles. The third kappa shape index (κ3) is 3.64. The Bertz CT molecular complexity index is 388. The summed E-state index contributed by atoms with van der Waals surface area (Å²) in [6, 6.07) is 10.3. The van der Waals surface area contributed by atoms with E-state index in [9.17, 15) is 0 Å². The summed E-state index contributed by atoms with van der Waals surface area (Å²) in [5.74, 6) is 0. The van der Waals surface area contributed by atoms with Crippen LogP contribution in [0.3, 0.4) is 0 Å². The highest BCUT2D eigenvalue weighted by molar-refractivity contribution is 5.85. The van der Waals surface area contributed by atoms with Gasteiger partial charge < -0.3 is 5.73 Å². The summed E-state index contributed by atoms with van der Waals surface area (Å²) in [6.45, 7) is 0.655. The van der Waals surface area contributed by atoms with Crippen LogP contribution in [0.4, 0.5) is 0 Å². The highest BCUT2D eigenvalue weighted by Crippen LogP contribution is 2.02. The Morgan fingerprint density at radius 2 is 1.75 bits per heavy atom. The molecule has 0 aliphatic rings. The molecule has 0 bridgehead atoms. The lowest BCUT2D eigenvalue weighted by Crippen LogP contribution is -2.29. The van der Waals surface area contributed by atoms with E-state index < -0.39 is 0 Å². The second-order valence-electron chi connectivity index (χ2n) is 3.53. The van der Waals surface area contributed by atoms with Gasteiger partial charge in [0.05, 0.1) is 18.9 Å². The molecule has 0 spiro atoms. The first-order valence-corrected chi connectivity index (χ1v) is 4.98. The first kappa shape index (κ1) is 12.7. The van der Waals surface area contributed by atoms with Gasteiger partial charge in [-0.1, -0.05) is 30.3 Å². The predicted octanol–water partition coefficient (Wildman–Crippen LogP) is 1.27. The number of hydrogen-bond acceptors (Lipinski definition) is 3. The molecule has 2 aromatic rings. The number of nitrogens with two attached hydrogens (primary N) is 1. The molecule has 1 aromatic carbocycles. The highest BCUT2D eigenvalue weighted by atomic mass is 35.5. The van der Waals surface area contributed by atoms with E-state index in [2.05, 4.69) is 22.3 Å². The number of rotatable bonds is 4. The number of nitrogens with zero attached hydrogens (tertiary/aromatic N) is 3. The minimum Gasteiger partial charge on any atom is -0.326 e. The average molecular weight is 239 g/mol. The standard InChI is InChI=1S/C11H14N4.ClH/c12-11(9-15-13-6-7-14-15)8-10-4-2-1-3-5-10;/h1-7,11H,8-9,12H2;1H. The minimum atomic E-state index is 0. The van der Waals surface area contributed by atoms with Crippen LogP contribution in [0, 0.1) is 0 Å². The fraction of sp³-hybridized carbons (Fsp3) is 0.273. The zero-order chi connectivity index (χ0) is 10.5. The summed E-state index contributed by atoms with van der Waals surface area (Å²) in [5, 5.41) is 8.05. The van der Waals surface area contributed by atoms with Gasteiger partial charge in [0.25, 0.3) is 0 Å². The van der Waals surface area contributed by atoms with Crippen molar-refractivity contribution in [2.24, 2.45) is 5.73 Å². The van der Waals surface area contributed by atoms with Crippen molar-refractivity contribution in [2.45, 2.75) is 19.0 Å². The van der Waals surface area contributed by atoms with Crippen LogP contribution in [0.2, 0.25) is 0 Å². The molecule has 2 rings (SSSR count). The van der Waals surface area contributed by atoms with Crippen LogP contribution in [0.1, 0.15) is 5.56 Å². The highest BCUT2D eigenvalue weighted by Gasteiger charge is 2.05. The van der Waals surface area contributed by atoms with Crippen LogP contribution in [-0.4, -0.2) is 21.0 Å². The van der Waals surface area contributed by atoms with Crippen molar-refractivity contribution in [3.63, 3.8) is 0 Å². The van der Waals surface area contributed by atoms with Crippen molar-refractivity contribution in [2.75, 3.05) is 0 Å². The summed E-state index contributed by atoms with van der Waals surface area (Å²) < 4.78 is 0. The molecule has 86 valence electrons. The zero-order valence-electron chi connectivity index (χ0n) is 8.86. The quantitative estimate of drug-likeness (QED) is 0.873. The molecule has 0 amide bonds. The lowest BCUT2D eigenvalue weighted by molar-refractivity contribution is 0.461. The molecule has 1 heterocycles. The third-order valence-electron chi connectivity index (χ3n) is 2.21. The maximum absolute atomic E-state index is 6.00. The largest absolute Gasteiger partial charge is 0.326 e. The fourth-order valence-corrected chi connectivity index (χ4v) is 1.53. The number of hydrogen-bond donors (Lipinski definition) is 1. The van der Waals surface area contributed by atoms with E-state index in [1.54, 1.807) is 17.2 Å². The van der Waals surface area contributed by atoms with Crippen molar-refractivity contribution < 1.29 is 0 Å². The lowest BCUT2D eigenvalue weighted by atomic mass is 10.1. The summed E-state index contributed by atoms with van der Waals surface area (Å²) >= 11 is 0. The van der Waals surface area contributed by atoms with Gasteiger partial charge in [-0.2, -0.15) is 15.0 Å².